The van der Waals surface area contributed by atoms with Crippen LogP contribution in [0.5, 0.6) is 0 Å². The van der Waals surface area contributed by atoms with Gasteiger partial charge in [0.25, 0.3) is 0 Å². The molecule has 1 aliphatic carbocycles. The molecule has 0 aromatic carbocycles. The summed E-state index contributed by atoms with van der Waals surface area (Å²) in [7, 11) is 1.73. The average molecular weight is 226 g/mol. The van der Waals surface area contributed by atoms with Crippen LogP contribution in [0.25, 0.3) is 0 Å². The van der Waals surface area contributed by atoms with Gasteiger partial charge in [0.15, 0.2) is 0 Å². The Morgan fingerprint density at radius 2 is 2.12 bits per heavy atom. The molecule has 2 heteroatoms. The highest BCUT2D eigenvalue weighted by atomic mass is 16.5. The molecule has 0 fully saturated rings. The highest BCUT2D eigenvalue weighted by Crippen LogP contribution is 2.33. The van der Waals surface area contributed by atoms with E-state index >= 15 is 0 Å². The van der Waals surface area contributed by atoms with Gasteiger partial charge in [-0.25, -0.2) is 0 Å². The molecule has 1 rings (SSSR count). The first kappa shape index (κ1) is 15.5. The van der Waals surface area contributed by atoms with Gasteiger partial charge in [-0.3, -0.25) is 0 Å². The molecule has 0 aliphatic heterocycles. The van der Waals surface area contributed by atoms with Gasteiger partial charge >= 0.3 is 0 Å². The summed E-state index contributed by atoms with van der Waals surface area (Å²) in [6.45, 7) is 6.27. The van der Waals surface area contributed by atoms with Crippen molar-refractivity contribution in [3.63, 3.8) is 0 Å². The van der Waals surface area contributed by atoms with Crippen molar-refractivity contribution in [2.24, 2.45) is 5.41 Å². The Morgan fingerprint density at radius 3 is 2.50 bits per heavy atom. The second-order valence-corrected chi connectivity index (χ2v) is 4.06. The maximum Gasteiger partial charge on any atom is 0.0598 e. The molecule has 0 radical (unpaired) electrons. The van der Waals surface area contributed by atoms with Crippen molar-refractivity contribution in [3.8, 4) is 11.8 Å². The van der Waals surface area contributed by atoms with Crippen molar-refractivity contribution >= 4 is 0 Å². The average Bonchev–Trinajstić information content (AvgIpc) is 2.39. The second-order valence-electron chi connectivity index (χ2n) is 4.06. The van der Waals surface area contributed by atoms with Crippen molar-refractivity contribution in [2.45, 2.75) is 59.0 Å². The van der Waals surface area contributed by atoms with Gasteiger partial charge in [0, 0.05) is 13.5 Å². The lowest BCUT2D eigenvalue weighted by Gasteiger charge is -2.31. The van der Waals surface area contributed by atoms with Gasteiger partial charge in [-0.05, 0) is 25.7 Å². The van der Waals surface area contributed by atoms with E-state index < -0.39 is 0 Å². The lowest BCUT2D eigenvalue weighted by Crippen LogP contribution is -2.31. The largest absolute Gasteiger partial charge is 0.395 e. The van der Waals surface area contributed by atoms with E-state index in [0.29, 0.717) is 0 Å². The van der Waals surface area contributed by atoms with Crippen LogP contribution in [0.3, 0.4) is 0 Å². The highest BCUT2D eigenvalue weighted by molar-refractivity contribution is 5.15. The van der Waals surface area contributed by atoms with Crippen molar-refractivity contribution in [1.29, 1.82) is 0 Å². The van der Waals surface area contributed by atoms with Gasteiger partial charge in [0.05, 0.1) is 18.1 Å². The molecule has 94 valence electrons. The van der Waals surface area contributed by atoms with E-state index in [1.807, 2.05) is 13.8 Å². The summed E-state index contributed by atoms with van der Waals surface area (Å²) in [4.78, 5) is 0. The predicted octanol–water partition coefficient (Wildman–Crippen LogP) is 2.99. The van der Waals surface area contributed by atoms with Crippen molar-refractivity contribution in [3.05, 3.63) is 0 Å². The summed E-state index contributed by atoms with van der Waals surface area (Å²) in [6, 6.07) is 0. The molecule has 0 aromatic heterocycles. The Balaban J connectivity index is 0.00000106. The molecule has 0 unspecified atom stereocenters. The van der Waals surface area contributed by atoms with Crippen LogP contribution in [0.1, 0.15) is 52.9 Å². The Morgan fingerprint density at radius 1 is 1.44 bits per heavy atom. The molecule has 0 bridgehead atoms. The minimum Gasteiger partial charge on any atom is -0.395 e. The summed E-state index contributed by atoms with van der Waals surface area (Å²) in [5.74, 6) is 6.32. The minimum atomic E-state index is -0.186. The Kier molecular flexibility index (Phi) is 8.33. The Bertz CT molecular complexity index is 223. The van der Waals surface area contributed by atoms with Gasteiger partial charge in [-0.15, -0.1) is 5.92 Å². The summed E-state index contributed by atoms with van der Waals surface area (Å²) >= 11 is 0. The molecule has 0 spiro atoms. The number of aliphatic hydroxyl groups excluding tert-OH is 1. The zero-order valence-electron chi connectivity index (χ0n) is 11.2. The molecule has 1 aliphatic rings. The minimum absolute atomic E-state index is 0.167. The van der Waals surface area contributed by atoms with Gasteiger partial charge in [0.2, 0.25) is 0 Å². The molecule has 2 atom stereocenters. The lowest BCUT2D eigenvalue weighted by atomic mass is 9.76. The van der Waals surface area contributed by atoms with Crippen LogP contribution in [0.2, 0.25) is 0 Å². The monoisotopic (exact) mass is 226 g/mol. The highest BCUT2D eigenvalue weighted by Gasteiger charge is 2.31. The quantitative estimate of drug-likeness (QED) is 0.730. The third-order valence-corrected chi connectivity index (χ3v) is 3.02. The van der Waals surface area contributed by atoms with E-state index in [1.54, 1.807) is 7.11 Å². The van der Waals surface area contributed by atoms with Crippen LogP contribution in [0.4, 0.5) is 0 Å². The topological polar surface area (TPSA) is 29.5 Å². The van der Waals surface area contributed by atoms with E-state index in [-0.39, 0.29) is 18.1 Å². The van der Waals surface area contributed by atoms with Crippen LogP contribution in [0, 0.1) is 17.3 Å². The Labute approximate surface area is 100 Å². The Hall–Kier alpha value is -0.520. The molecule has 0 aromatic rings. The third-order valence-electron chi connectivity index (χ3n) is 3.02. The third kappa shape index (κ3) is 4.55. The fraction of sp³-hybridized carbons (Fsp3) is 0.857. The van der Waals surface area contributed by atoms with Crippen LogP contribution in [0.15, 0.2) is 0 Å². The summed E-state index contributed by atoms with van der Waals surface area (Å²) < 4.78 is 5.35. The summed E-state index contributed by atoms with van der Waals surface area (Å²) in [5, 5.41) is 9.42. The molecule has 0 saturated carbocycles. The molecule has 1 N–H and O–H groups in total. The first-order chi connectivity index (χ1) is 7.76. The molecule has 0 heterocycles. The van der Waals surface area contributed by atoms with E-state index in [4.69, 9.17) is 4.74 Å². The molecule has 16 heavy (non-hydrogen) atoms. The van der Waals surface area contributed by atoms with E-state index in [9.17, 15) is 5.11 Å². The molecule has 0 saturated heterocycles. The van der Waals surface area contributed by atoms with Gasteiger partial charge in [0.1, 0.15) is 0 Å². The van der Waals surface area contributed by atoms with Crippen LogP contribution in [-0.2, 0) is 4.74 Å². The first-order valence-corrected chi connectivity index (χ1v) is 6.40. The number of rotatable bonds is 5. The van der Waals surface area contributed by atoms with Crippen molar-refractivity contribution < 1.29 is 9.84 Å². The molecule has 2 nitrogen and oxygen atoms in total. The number of hydrogen-bond donors (Lipinski definition) is 1. The van der Waals surface area contributed by atoms with Gasteiger partial charge in [-0.2, -0.15) is 0 Å². The van der Waals surface area contributed by atoms with Gasteiger partial charge < -0.3 is 9.84 Å². The zero-order valence-corrected chi connectivity index (χ0v) is 11.2. The van der Waals surface area contributed by atoms with Crippen LogP contribution in [-0.4, -0.2) is 24.9 Å². The number of ether oxygens (including phenoxy) is 1. The first-order valence-electron chi connectivity index (χ1n) is 6.40. The number of aliphatic hydroxyl groups is 1. The number of methoxy groups -OCH3 is 1. The van der Waals surface area contributed by atoms with E-state index in [2.05, 4.69) is 18.8 Å². The molecular formula is C14H26O2. The fourth-order valence-corrected chi connectivity index (χ4v) is 1.99. The second kappa shape index (κ2) is 8.61. The van der Waals surface area contributed by atoms with Crippen LogP contribution < -0.4 is 0 Å². The fourth-order valence-electron chi connectivity index (χ4n) is 1.99. The smallest absolute Gasteiger partial charge is 0.0598 e. The van der Waals surface area contributed by atoms with E-state index in [0.717, 1.165) is 32.1 Å². The zero-order chi connectivity index (χ0) is 12.4. The SMILES string of the molecule is CC.CC[C@@H](C[C@@]1(CO)C#CCCC1)OC. The standard InChI is InChI=1S/C12H20O2.C2H6/c1-3-11(14-2)9-12(10-13)7-5-4-6-8-12;1-2/h11,13H,3-5,7,9-10H2,1-2H3;1-2H3/t11-,12-;/m0./s1. The molecular weight excluding hydrogens is 200 g/mol. The maximum atomic E-state index is 9.42. The lowest BCUT2D eigenvalue weighted by molar-refractivity contribution is 0.0401. The van der Waals surface area contributed by atoms with Crippen molar-refractivity contribution in [1.82, 2.24) is 0 Å². The maximum absolute atomic E-state index is 9.42. The van der Waals surface area contributed by atoms with E-state index in [1.165, 1.54) is 0 Å². The van der Waals surface area contributed by atoms with Crippen molar-refractivity contribution in [2.75, 3.05) is 13.7 Å². The normalized spacial score (nSPS) is 24.8. The van der Waals surface area contributed by atoms with Gasteiger partial charge in [-0.1, -0.05) is 26.7 Å². The molecule has 0 amide bonds. The summed E-state index contributed by atoms with van der Waals surface area (Å²) in [5.41, 5.74) is -0.186. The predicted molar refractivity (Wildman–Crippen MR) is 68.2 cm³/mol. The van der Waals surface area contributed by atoms with Crippen LogP contribution >= 0.6 is 0 Å². The number of hydrogen-bond acceptors (Lipinski definition) is 2. The summed E-state index contributed by atoms with van der Waals surface area (Å²) in [6.07, 6.45) is 5.17.